The maximum absolute atomic E-state index is 2.19. The minimum atomic E-state index is 1.09. The lowest BCUT2D eigenvalue weighted by atomic mass is 9.99. The molecular formula is C14H22. The minimum Gasteiger partial charge on any atom is -0.0848 e. The molecule has 0 heteroatoms. The second-order valence-corrected chi connectivity index (χ2v) is 3.36. The van der Waals surface area contributed by atoms with Crippen LogP contribution in [0.1, 0.15) is 41.0 Å². The lowest BCUT2D eigenvalue weighted by Gasteiger charge is -2.06. The number of hydrogen-bond donors (Lipinski definition) is 0. The van der Waals surface area contributed by atoms with Crippen molar-refractivity contribution in [2.75, 3.05) is 0 Å². The third-order valence-corrected chi connectivity index (χ3v) is 2.35. The highest BCUT2D eigenvalue weighted by atomic mass is 14.0. The Kier molecular flexibility index (Phi) is 6.82. The summed E-state index contributed by atoms with van der Waals surface area (Å²) < 4.78 is 0. The van der Waals surface area contributed by atoms with Gasteiger partial charge in [-0.1, -0.05) is 37.3 Å². The van der Waals surface area contributed by atoms with Gasteiger partial charge in [0, 0.05) is 0 Å². The summed E-state index contributed by atoms with van der Waals surface area (Å²) in [7, 11) is 0. The molecule has 0 aromatic rings. The molecule has 0 aliphatic carbocycles. The molecule has 0 amide bonds. The molecule has 78 valence electrons. The molecular weight excluding hydrogens is 168 g/mol. The highest BCUT2D eigenvalue weighted by Gasteiger charge is 1.98. The van der Waals surface area contributed by atoms with Gasteiger partial charge in [-0.05, 0) is 50.8 Å². The maximum Gasteiger partial charge on any atom is -0.0205 e. The van der Waals surface area contributed by atoms with Gasteiger partial charge >= 0.3 is 0 Å². The van der Waals surface area contributed by atoms with Crippen molar-refractivity contribution in [2.45, 2.75) is 41.0 Å². The fraction of sp³-hybridized carbons (Fsp3) is 0.429. The molecule has 0 aromatic heterocycles. The van der Waals surface area contributed by atoms with Gasteiger partial charge < -0.3 is 0 Å². The first-order valence-electron chi connectivity index (χ1n) is 5.30. The van der Waals surface area contributed by atoms with E-state index in [1.165, 1.54) is 16.7 Å². The standard InChI is InChI=1S/C14H22/c1-6-9-10-11-14(12(4)7-2)13(5)8-3/h7-11H,6H2,1-5H3/b10-9-,12-7-,13-8-. The normalized spacial score (nSPS) is 13.5. The Morgan fingerprint density at radius 2 is 1.50 bits per heavy atom. The Balaban J connectivity index is 4.92. The van der Waals surface area contributed by atoms with Crippen LogP contribution < -0.4 is 0 Å². The zero-order valence-electron chi connectivity index (χ0n) is 10.1. The molecule has 0 nitrogen and oxygen atoms in total. The number of allylic oxidation sites excluding steroid dienone is 8. The average molecular weight is 190 g/mol. The first-order valence-corrected chi connectivity index (χ1v) is 5.30. The van der Waals surface area contributed by atoms with Crippen molar-refractivity contribution in [2.24, 2.45) is 0 Å². The molecule has 0 saturated carbocycles. The fourth-order valence-corrected chi connectivity index (χ4v) is 1.19. The summed E-state index contributed by atoms with van der Waals surface area (Å²) >= 11 is 0. The van der Waals surface area contributed by atoms with Crippen molar-refractivity contribution in [3.63, 3.8) is 0 Å². The molecule has 0 aliphatic rings. The Hall–Kier alpha value is -1.04. The van der Waals surface area contributed by atoms with E-state index in [-0.39, 0.29) is 0 Å². The molecule has 0 bridgehead atoms. The maximum atomic E-state index is 2.19. The SMILES string of the molecule is C/C=C(/C)C(=C/C=C\CC)/C(C)=C\C. The van der Waals surface area contributed by atoms with E-state index in [4.69, 9.17) is 0 Å². The zero-order valence-corrected chi connectivity index (χ0v) is 10.1. The predicted octanol–water partition coefficient (Wildman–Crippen LogP) is 4.81. The van der Waals surface area contributed by atoms with Gasteiger partial charge in [-0.25, -0.2) is 0 Å². The Bertz CT molecular complexity index is 252. The summed E-state index contributed by atoms with van der Waals surface area (Å²) in [6.07, 6.45) is 11.9. The van der Waals surface area contributed by atoms with Crippen molar-refractivity contribution in [1.82, 2.24) is 0 Å². The van der Waals surface area contributed by atoms with Crippen molar-refractivity contribution in [3.05, 3.63) is 47.1 Å². The van der Waals surface area contributed by atoms with Gasteiger partial charge in [0.05, 0.1) is 0 Å². The van der Waals surface area contributed by atoms with Crippen molar-refractivity contribution in [3.8, 4) is 0 Å². The van der Waals surface area contributed by atoms with Crippen molar-refractivity contribution >= 4 is 0 Å². The molecule has 0 radical (unpaired) electrons. The van der Waals surface area contributed by atoms with Crippen LogP contribution in [-0.4, -0.2) is 0 Å². The van der Waals surface area contributed by atoms with E-state index in [9.17, 15) is 0 Å². The molecule has 0 atom stereocenters. The summed E-state index contributed by atoms with van der Waals surface area (Å²) in [6, 6.07) is 0. The van der Waals surface area contributed by atoms with Crippen molar-refractivity contribution < 1.29 is 0 Å². The zero-order chi connectivity index (χ0) is 11.0. The monoisotopic (exact) mass is 190 g/mol. The Labute approximate surface area is 88.7 Å². The highest BCUT2D eigenvalue weighted by Crippen LogP contribution is 2.18. The molecule has 0 heterocycles. The molecule has 0 rings (SSSR count). The average Bonchev–Trinajstić information content (AvgIpc) is 2.22. The Morgan fingerprint density at radius 3 is 1.86 bits per heavy atom. The van der Waals surface area contributed by atoms with Crippen LogP contribution in [0.5, 0.6) is 0 Å². The molecule has 0 fully saturated rings. The fourth-order valence-electron chi connectivity index (χ4n) is 1.19. The lowest BCUT2D eigenvalue weighted by Crippen LogP contribution is -1.87. The van der Waals surface area contributed by atoms with Crippen LogP contribution in [0.4, 0.5) is 0 Å². The van der Waals surface area contributed by atoms with Crippen molar-refractivity contribution in [1.29, 1.82) is 0 Å². The minimum absolute atomic E-state index is 1.09. The molecule has 0 spiro atoms. The summed E-state index contributed by atoms with van der Waals surface area (Å²) in [5.74, 6) is 0. The Morgan fingerprint density at radius 1 is 1.00 bits per heavy atom. The largest absolute Gasteiger partial charge is 0.0848 e. The van der Waals surface area contributed by atoms with Crippen LogP contribution in [0.2, 0.25) is 0 Å². The van der Waals surface area contributed by atoms with Gasteiger partial charge in [-0.2, -0.15) is 0 Å². The van der Waals surface area contributed by atoms with E-state index in [1.807, 2.05) is 0 Å². The van der Waals surface area contributed by atoms with Crippen LogP contribution >= 0.6 is 0 Å². The predicted molar refractivity (Wildman–Crippen MR) is 66.4 cm³/mol. The molecule has 0 aliphatic heterocycles. The molecule has 0 N–H and O–H groups in total. The molecule has 0 unspecified atom stereocenters. The van der Waals surface area contributed by atoms with Crippen LogP contribution in [0, 0.1) is 0 Å². The first kappa shape index (κ1) is 13.0. The first-order chi connectivity index (χ1) is 6.67. The topological polar surface area (TPSA) is 0 Å². The van der Waals surface area contributed by atoms with E-state index >= 15 is 0 Å². The number of rotatable bonds is 4. The van der Waals surface area contributed by atoms with Gasteiger partial charge in [-0.15, -0.1) is 0 Å². The van der Waals surface area contributed by atoms with E-state index < -0.39 is 0 Å². The molecule has 0 aromatic carbocycles. The van der Waals surface area contributed by atoms with Crippen LogP contribution in [0.3, 0.4) is 0 Å². The summed E-state index contributed by atoms with van der Waals surface area (Å²) in [5, 5.41) is 0. The van der Waals surface area contributed by atoms with E-state index in [1.54, 1.807) is 0 Å². The third kappa shape index (κ3) is 4.27. The highest BCUT2D eigenvalue weighted by molar-refractivity contribution is 5.46. The van der Waals surface area contributed by atoms with Crippen LogP contribution in [-0.2, 0) is 0 Å². The third-order valence-electron chi connectivity index (χ3n) is 2.35. The molecule has 14 heavy (non-hydrogen) atoms. The van der Waals surface area contributed by atoms with Crippen LogP contribution in [0.25, 0.3) is 0 Å². The summed E-state index contributed by atoms with van der Waals surface area (Å²) in [6.45, 7) is 10.6. The van der Waals surface area contributed by atoms with Gasteiger partial charge in [0.1, 0.15) is 0 Å². The van der Waals surface area contributed by atoms with Gasteiger partial charge in [0.15, 0.2) is 0 Å². The van der Waals surface area contributed by atoms with E-state index in [0.29, 0.717) is 0 Å². The summed E-state index contributed by atoms with van der Waals surface area (Å²) in [5.41, 5.74) is 4.00. The smallest absolute Gasteiger partial charge is 0.0205 e. The van der Waals surface area contributed by atoms with E-state index in [0.717, 1.165) is 6.42 Å². The molecule has 0 saturated heterocycles. The van der Waals surface area contributed by atoms with Gasteiger partial charge in [0.2, 0.25) is 0 Å². The van der Waals surface area contributed by atoms with Crippen LogP contribution in [0.15, 0.2) is 47.1 Å². The van der Waals surface area contributed by atoms with Gasteiger partial charge in [-0.3, -0.25) is 0 Å². The lowest BCUT2D eigenvalue weighted by molar-refractivity contribution is 1.22. The number of hydrogen-bond acceptors (Lipinski definition) is 0. The van der Waals surface area contributed by atoms with Gasteiger partial charge in [0.25, 0.3) is 0 Å². The summed E-state index contributed by atoms with van der Waals surface area (Å²) in [4.78, 5) is 0. The second kappa shape index (κ2) is 7.37. The quantitative estimate of drug-likeness (QED) is 0.558. The van der Waals surface area contributed by atoms with E-state index in [2.05, 4.69) is 65.0 Å². The second-order valence-electron chi connectivity index (χ2n) is 3.36.